The first-order chi connectivity index (χ1) is 9.83. The molecule has 0 spiro atoms. The summed E-state index contributed by atoms with van der Waals surface area (Å²) >= 11 is 1.81. The van der Waals surface area contributed by atoms with E-state index in [4.69, 9.17) is 4.74 Å². The SMILES string of the molecule is C[C@H]1CN(CCN2CCCC[C@@H]2c2nccs2)CCO1. The van der Waals surface area contributed by atoms with Crippen LogP contribution in [0.4, 0.5) is 0 Å². The van der Waals surface area contributed by atoms with Crippen LogP contribution in [0.5, 0.6) is 0 Å². The van der Waals surface area contributed by atoms with Gasteiger partial charge in [0.05, 0.1) is 18.8 Å². The highest BCUT2D eigenvalue weighted by Crippen LogP contribution is 2.31. The van der Waals surface area contributed by atoms with Crippen molar-refractivity contribution in [2.75, 3.05) is 39.3 Å². The van der Waals surface area contributed by atoms with Crippen LogP contribution in [0.25, 0.3) is 0 Å². The second kappa shape index (κ2) is 6.98. The third-order valence-corrected chi connectivity index (χ3v) is 5.26. The summed E-state index contributed by atoms with van der Waals surface area (Å²) in [5.74, 6) is 0. The van der Waals surface area contributed by atoms with Crippen LogP contribution in [0.2, 0.25) is 0 Å². The van der Waals surface area contributed by atoms with Gasteiger partial charge in [0.1, 0.15) is 5.01 Å². The highest BCUT2D eigenvalue weighted by atomic mass is 32.1. The molecule has 0 aromatic carbocycles. The monoisotopic (exact) mass is 295 g/mol. The number of hydrogen-bond acceptors (Lipinski definition) is 5. The largest absolute Gasteiger partial charge is 0.376 e. The summed E-state index contributed by atoms with van der Waals surface area (Å²) in [7, 11) is 0. The van der Waals surface area contributed by atoms with Crippen LogP contribution in [-0.2, 0) is 4.74 Å². The Morgan fingerprint density at radius 3 is 3.10 bits per heavy atom. The van der Waals surface area contributed by atoms with Crippen LogP contribution >= 0.6 is 11.3 Å². The molecular weight excluding hydrogens is 270 g/mol. The van der Waals surface area contributed by atoms with Crippen molar-refractivity contribution in [2.24, 2.45) is 0 Å². The van der Waals surface area contributed by atoms with Gasteiger partial charge in [-0.05, 0) is 26.3 Å². The molecule has 0 aliphatic carbocycles. The summed E-state index contributed by atoms with van der Waals surface area (Å²) in [5, 5.41) is 3.41. The minimum atomic E-state index is 0.389. The Morgan fingerprint density at radius 1 is 1.35 bits per heavy atom. The first-order valence-electron chi connectivity index (χ1n) is 7.80. The molecule has 2 saturated heterocycles. The second-order valence-corrected chi connectivity index (χ2v) is 6.83. The average molecular weight is 295 g/mol. The molecule has 5 heteroatoms. The van der Waals surface area contributed by atoms with Crippen LogP contribution in [0.15, 0.2) is 11.6 Å². The van der Waals surface area contributed by atoms with Crippen molar-refractivity contribution >= 4 is 11.3 Å². The third kappa shape index (κ3) is 3.58. The third-order valence-electron chi connectivity index (χ3n) is 4.38. The maximum atomic E-state index is 5.62. The first-order valence-corrected chi connectivity index (χ1v) is 8.68. The summed E-state index contributed by atoms with van der Waals surface area (Å²) in [5.41, 5.74) is 0. The average Bonchev–Trinajstić information content (AvgIpc) is 3.00. The number of likely N-dealkylation sites (tertiary alicyclic amines) is 1. The van der Waals surface area contributed by atoms with Crippen molar-refractivity contribution < 1.29 is 4.74 Å². The summed E-state index contributed by atoms with van der Waals surface area (Å²) in [4.78, 5) is 9.72. The fraction of sp³-hybridized carbons (Fsp3) is 0.800. The minimum absolute atomic E-state index is 0.389. The highest BCUT2D eigenvalue weighted by molar-refractivity contribution is 7.09. The Kier molecular flexibility index (Phi) is 5.04. The fourth-order valence-corrected chi connectivity index (χ4v) is 4.11. The first kappa shape index (κ1) is 14.4. The maximum absolute atomic E-state index is 5.62. The Hall–Kier alpha value is -0.490. The van der Waals surface area contributed by atoms with Crippen molar-refractivity contribution in [3.63, 3.8) is 0 Å². The van der Waals surface area contributed by atoms with Crippen molar-refractivity contribution in [1.82, 2.24) is 14.8 Å². The number of nitrogens with zero attached hydrogens (tertiary/aromatic N) is 3. The van der Waals surface area contributed by atoms with Crippen molar-refractivity contribution in [1.29, 1.82) is 0 Å². The van der Waals surface area contributed by atoms with E-state index >= 15 is 0 Å². The lowest BCUT2D eigenvalue weighted by Crippen LogP contribution is -2.45. The van der Waals surface area contributed by atoms with Crippen LogP contribution in [0, 0.1) is 0 Å². The molecule has 3 heterocycles. The zero-order chi connectivity index (χ0) is 13.8. The number of hydrogen-bond donors (Lipinski definition) is 0. The lowest BCUT2D eigenvalue weighted by atomic mass is 10.0. The Labute approximate surface area is 125 Å². The van der Waals surface area contributed by atoms with Gasteiger partial charge in [0.2, 0.25) is 0 Å². The van der Waals surface area contributed by atoms with Gasteiger partial charge >= 0.3 is 0 Å². The Bertz CT molecular complexity index is 398. The molecule has 2 fully saturated rings. The molecule has 0 saturated carbocycles. The zero-order valence-electron chi connectivity index (χ0n) is 12.3. The van der Waals surface area contributed by atoms with Gasteiger partial charge in [-0.3, -0.25) is 9.80 Å². The Balaban J connectivity index is 1.54. The van der Waals surface area contributed by atoms with Gasteiger partial charge in [-0.2, -0.15) is 0 Å². The van der Waals surface area contributed by atoms with Gasteiger partial charge in [-0.15, -0.1) is 11.3 Å². The van der Waals surface area contributed by atoms with Gasteiger partial charge in [-0.25, -0.2) is 4.98 Å². The van der Waals surface area contributed by atoms with E-state index in [1.165, 1.54) is 30.8 Å². The van der Waals surface area contributed by atoms with E-state index in [0.717, 1.165) is 32.8 Å². The molecule has 0 radical (unpaired) electrons. The molecular formula is C15H25N3OS. The molecule has 0 N–H and O–H groups in total. The van der Waals surface area contributed by atoms with Crippen LogP contribution < -0.4 is 0 Å². The van der Waals surface area contributed by atoms with Gasteiger partial charge in [0.15, 0.2) is 0 Å². The van der Waals surface area contributed by atoms with E-state index in [1.807, 2.05) is 17.5 Å². The number of piperidine rings is 1. The number of aromatic nitrogens is 1. The number of rotatable bonds is 4. The maximum Gasteiger partial charge on any atom is 0.110 e. The minimum Gasteiger partial charge on any atom is -0.376 e. The van der Waals surface area contributed by atoms with E-state index in [0.29, 0.717) is 12.1 Å². The standard InChI is InChI=1S/C15H25N3OS/c1-13-12-17(9-10-19-13)7-8-18-6-3-2-4-14(18)15-16-5-11-20-15/h5,11,13-14H,2-4,6-10,12H2,1H3/t13-,14+/m0/s1. The molecule has 4 nitrogen and oxygen atoms in total. The topological polar surface area (TPSA) is 28.6 Å². The van der Waals surface area contributed by atoms with E-state index in [2.05, 4.69) is 27.1 Å². The van der Waals surface area contributed by atoms with E-state index < -0.39 is 0 Å². The molecule has 112 valence electrons. The van der Waals surface area contributed by atoms with Gasteiger partial charge < -0.3 is 4.74 Å². The highest BCUT2D eigenvalue weighted by Gasteiger charge is 2.26. The predicted molar refractivity (Wildman–Crippen MR) is 82.1 cm³/mol. The van der Waals surface area contributed by atoms with Crippen LogP contribution in [0.3, 0.4) is 0 Å². The number of ether oxygens (including phenoxy) is 1. The predicted octanol–water partition coefficient (Wildman–Crippen LogP) is 2.39. The van der Waals surface area contributed by atoms with E-state index in [-0.39, 0.29) is 0 Å². The molecule has 20 heavy (non-hydrogen) atoms. The molecule has 0 unspecified atom stereocenters. The molecule has 2 aliphatic heterocycles. The van der Waals surface area contributed by atoms with E-state index in [9.17, 15) is 0 Å². The normalized spacial score (nSPS) is 29.6. The number of thiazole rings is 1. The number of morpholine rings is 1. The van der Waals surface area contributed by atoms with Gasteiger partial charge in [0.25, 0.3) is 0 Å². The van der Waals surface area contributed by atoms with E-state index in [1.54, 1.807) is 0 Å². The molecule has 2 aliphatic rings. The van der Waals surface area contributed by atoms with Crippen LogP contribution in [-0.4, -0.2) is 60.2 Å². The molecule has 1 aromatic rings. The smallest absolute Gasteiger partial charge is 0.110 e. The summed E-state index contributed by atoms with van der Waals surface area (Å²) < 4.78 is 5.62. The van der Waals surface area contributed by atoms with Crippen LogP contribution in [0.1, 0.15) is 37.2 Å². The molecule has 2 atom stereocenters. The fourth-order valence-electron chi connectivity index (χ4n) is 3.30. The molecule has 0 bridgehead atoms. The van der Waals surface area contributed by atoms with Crippen molar-refractivity contribution in [3.05, 3.63) is 16.6 Å². The molecule has 0 amide bonds. The van der Waals surface area contributed by atoms with Crippen molar-refractivity contribution in [2.45, 2.75) is 38.3 Å². The summed E-state index contributed by atoms with van der Waals surface area (Å²) in [6, 6.07) is 0.558. The molecule has 1 aromatic heterocycles. The van der Waals surface area contributed by atoms with Gasteiger partial charge in [-0.1, -0.05) is 6.42 Å². The summed E-state index contributed by atoms with van der Waals surface area (Å²) in [6.07, 6.45) is 6.28. The lowest BCUT2D eigenvalue weighted by molar-refractivity contribution is -0.0228. The summed E-state index contributed by atoms with van der Waals surface area (Å²) in [6.45, 7) is 8.77. The lowest BCUT2D eigenvalue weighted by Gasteiger charge is -2.37. The molecule has 3 rings (SSSR count). The zero-order valence-corrected chi connectivity index (χ0v) is 13.1. The quantitative estimate of drug-likeness (QED) is 0.853. The Morgan fingerprint density at radius 2 is 2.30 bits per heavy atom. The van der Waals surface area contributed by atoms with Crippen molar-refractivity contribution in [3.8, 4) is 0 Å². The van der Waals surface area contributed by atoms with Gasteiger partial charge in [0, 0.05) is 37.8 Å². The second-order valence-electron chi connectivity index (χ2n) is 5.90.